The zero-order chi connectivity index (χ0) is 19.7. The summed E-state index contributed by atoms with van der Waals surface area (Å²) in [5.74, 6) is 0.614. The summed E-state index contributed by atoms with van der Waals surface area (Å²) in [4.78, 5) is 20.9. The van der Waals surface area contributed by atoms with Gasteiger partial charge in [0.25, 0.3) is 0 Å². The number of fused-ring (bicyclic) bond motifs is 1. The summed E-state index contributed by atoms with van der Waals surface area (Å²) in [6, 6.07) is 15.8. The number of imidazole rings is 1. The van der Waals surface area contributed by atoms with Gasteiger partial charge in [-0.3, -0.25) is 4.98 Å². The van der Waals surface area contributed by atoms with Crippen LogP contribution in [0.3, 0.4) is 0 Å². The molecule has 140 valence electrons. The molecule has 0 bridgehead atoms. The third kappa shape index (κ3) is 3.27. The van der Waals surface area contributed by atoms with Crippen LogP contribution < -0.4 is 0 Å². The second kappa shape index (κ2) is 7.27. The lowest BCUT2D eigenvalue weighted by molar-refractivity contribution is 0.0600. The summed E-state index contributed by atoms with van der Waals surface area (Å²) in [5.41, 5.74) is 7.01. The molecule has 5 nitrogen and oxygen atoms in total. The van der Waals surface area contributed by atoms with Gasteiger partial charge in [0.2, 0.25) is 0 Å². The Balaban J connectivity index is 1.73. The summed E-state index contributed by atoms with van der Waals surface area (Å²) in [6.45, 7) is 2.11. The molecule has 0 N–H and O–H groups in total. The van der Waals surface area contributed by atoms with E-state index in [1.807, 2.05) is 37.5 Å². The number of pyridine rings is 1. The van der Waals surface area contributed by atoms with Crippen molar-refractivity contribution in [3.63, 3.8) is 0 Å². The predicted molar refractivity (Wildman–Crippen MR) is 109 cm³/mol. The van der Waals surface area contributed by atoms with Crippen molar-refractivity contribution < 1.29 is 9.53 Å². The fourth-order valence-corrected chi connectivity index (χ4v) is 3.49. The second-order valence-corrected chi connectivity index (χ2v) is 6.85. The molecule has 0 saturated heterocycles. The standard InChI is InChI=1S/C23H21N3O2/c1-15-10-21-20(13-19(15)18-8-5-9-24-14-18)25-22(26(21)2)12-16-6-4-7-17(11-16)23(27)28-3/h4-11,13-14H,12H2,1-3H3. The Kier molecular flexibility index (Phi) is 4.65. The molecule has 0 aliphatic carbocycles. The first-order valence-corrected chi connectivity index (χ1v) is 9.10. The predicted octanol–water partition coefficient (Wildman–Crippen LogP) is 4.32. The fourth-order valence-electron chi connectivity index (χ4n) is 3.49. The van der Waals surface area contributed by atoms with Crippen LogP contribution in [-0.2, 0) is 18.2 Å². The molecule has 2 heterocycles. The molecule has 0 atom stereocenters. The molecule has 0 spiro atoms. The van der Waals surface area contributed by atoms with Crippen LogP contribution in [0, 0.1) is 6.92 Å². The second-order valence-electron chi connectivity index (χ2n) is 6.85. The maximum absolute atomic E-state index is 11.8. The summed E-state index contributed by atoms with van der Waals surface area (Å²) >= 11 is 0. The zero-order valence-electron chi connectivity index (χ0n) is 16.1. The molecule has 4 rings (SSSR count). The van der Waals surface area contributed by atoms with Crippen molar-refractivity contribution in [3.05, 3.63) is 83.4 Å². The van der Waals surface area contributed by atoms with Gasteiger partial charge in [0.05, 0.1) is 23.7 Å². The average molecular weight is 371 g/mol. The summed E-state index contributed by atoms with van der Waals surface area (Å²) in [5, 5.41) is 0. The number of hydrogen-bond donors (Lipinski definition) is 0. The molecule has 0 fully saturated rings. The smallest absolute Gasteiger partial charge is 0.337 e. The number of hydrogen-bond acceptors (Lipinski definition) is 4. The number of aryl methyl sites for hydroxylation is 2. The summed E-state index contributed by atoms with van der Waals surface area (Å²) < 4.78 is 6.93. The number of methoxy groups -OCH3 is 1. The van der Waals surface area contributed by atoms with Crippen LogP contribution in [0.15, 0.2) is 60.9 Å². The van der Waals surface area contributed by atoms with E-state index in [0.29, 0.717) is 12.0 Å². The van der Waals surface area contributed by atoms with Crippen LogP contribution in [0.5, 0.6) is 0 Å². The van der Waals surface area contributed by atoms with E-state index >= 15 is 0 Å². The maximum Gasteiger partial charge on any atom is 0.337 e. The zero-order valence-corrected chi connectivity index (χ0v) is 16.1. The lowest BCUT2D eigenvalue weighted by Gasteiger charge is -2.07. The monoisotopic (exact) mass is 371 g/mol. The molecule has 5 heteroatoms. The van der Waals surface area contributed by atoms with Crippen LogP contribution in [-0.4, -0.2) is 27.6 Å². The fraction of sp³-hybridized carbons (Fsp3) is 0.174. The van der Waals surface area contributed by atoms with Gasteiger partial charge in [-0.15, -0.1) is 0 Å². The van der Waals surface area contributed by atoms with Gasteiger partial charge in [0.1, 0.15) is 5.82 Å². The van der Waals surface area contributed by atoms with E-state index in [9.17, 15) is 4.79 Å². The Morgan fingerprint density at radius 1 is 1.14 bits per heavy atom. The Bertz CT molecular complexity index is 1160. The number of aromatic nitrogens is 3. The highest BCUT2D eigenvalue weighted by Crippen LogP contribution is 2.28. The van der Waals surface area contributed by atoms with Crippen LogP contribution in [0.2, 0.25) is 0 Å². The van der Waals surface area contributed by atoms with Gasteiger partial charge in [0.15, 0.2) is 0 Å². The van der Waals surface area contributed by atoms with E-state index in [2.05, 4.69) is 34.7 Å². The molecule has 0 saturated carbocycles. The van der Waals surface area contributed by atoms with E-state index in [4.69, 9.17) is 9.72 Å². The molecular weight excluding hydrogens is 350 g/mol. The van der Waals surface area contributed by atoms with Crippen LogP contribution in [0.4, 0.5) is 0 Å². The SMILES string of the molecule is COC(=O)c1cccc(Cc2nc3cc(-c4cccnc4)c(C)cc3n2C)c1. The van der Waals surface area contributed by atoms with E-state index in [-0.39, 0.29) is 5.97 Å². The molecule has 0 aliphatic heterocycles. The highest BCUT2D eigenvalue weighted by atomic mass is 16.5. The van der Waals surface area contributed by atoms with Gasteiger partial charge in [0, 0.05) is 31.4 Å². The molecule has 0 aliphatic rings. The summed E-state index contributed by atoms with van der Waals surface area (Å²) in [7, 11) is 3.42. The van der Waals surface area contributed by atoms with Crippen molar-refractivity contribution in [2.45, 2.75) is 13.3 Å². The number of esters is 1. The van der Waals surface area contributed by atoms with Gasteiger partial charge in [-0.25, -0.2) is 9.78 Å². The Hall–Kier alpha value is -3.47. The molecule has 28 heavy (non-hydrogen) atoms. The van der Waals surface area contributed by atoms with Crippen molar-refractivity contribution in [2.75, 3.05) is 7.11 Å². The third-order valence-corrected chi connectivity index (χ3v) is 5.00. The number of carbonyl (C=O) groups excluding carboxylic acids is 1. The van der Waals surface area contributed by atoms with Gasteiger partial charge < -0.3 is 9.30 Å². The van der Waals surface area contributed by atoms with Gasteiger partial charge in [-0.2, -0.15) is 0 Å². The first-order chi connectivity index (χ1) is 13.6. The largest absolute Gasteiger partial charge is 0.465 e. The molecular formula is C23H21N3O2. The van der Waals surface area contributed by atoms with Crippen molar-refractivity contribution >= 4 is 17.0 Å². The van der Waals surface area contributed by atoms with Crippen LogP contribution >= 0.6 is 0 Å². The lowest BCUT2D eigenvalue weighted by Crippen LogP contribution is -2.03. The number of ether oxygens (including phenoxy) is 1. The van der Waals surface area contributed by atoms with Crippen molar-refractivity contribution in [3.8, 4) is 11.1 Å². The number of benzene rings is 2. The van der Waals surface area contributed by atoms with Gasteiger partial charge in [-0.05, 0) is 53.9 Å². The first-order valence-electron chi connectivity index (χ1n) is 9.10. The van der Waals surface area contributed by atoms with Crippen LogP contribution in [0.1, 0.15) is 27.3 Å². The minimum atomic E-state index is -0.330. The highest BCUT2D eigenvalue weighted by Gasteiger charge is 2.13. The number of nitrogens with zero attached hydrogens (tertiary/aromatic N) is 3. The first kappa shape index (κ1) is 17.9. The van der Waals surface area contributed by atoms with Crippen molar-refractivity contribution in [2.24, 2.45) is 7.05 Å². The topological polar surface area (TPSA) is 57.0 Å². The molecule has 0 radical (unpaired) electrons. The Morgan fingerprint density at radius 3 is 2.75 bits per heavy atom. The molecule has 2 aromatic carbocycles. The van der Waals surface area contributed by atoms with Crippen LogP contribution in [0.25, 0.3) is 22.2 Å². The Morgan fingerprint density at radius 2 is 2.00 bits per heavy atom. The van der Waals surface area contributed by atoms with E-state index in [0.717, 1.165) is 33.5 Å². The third-order valence-electron chi connectivity index (χ3n) is 5.00. The molecule has 4 aromatic rings. The maximum atomic E-state index is 11.8. The molecule has 0 amide bonds. The van der Waals surface area contributed by atoms with Gasteiger partial charge >= 0.3 is 5.97 Å². The number of rotatable bonds is 4. The quantitative estimate of drug-likeness (QED) is 0.501. The van der Waals surface area contributed by atoms with E-state index in [1.54, 1.807) is 12.3 Å². The van der Waals surface area contributed by atoms with Gasteiger partial charge in [-0.1, -0.05) is 18.2 Å². The minimum Gasteiger partial charge on any atom is -0.465 e. The Labute approximate surface area is 163 Å². The average Bonchev–Trinajstić information content (AvgIpc) is 3.02. The van der Waals surface area contributed by atoms with E-state index < -0.39 is 0 Å². The molecule has 2 aromatic heterocycles. The summed E-state index contributed by atoms with van der Waals surface area (Å²) in [6.07, 6.45) is 4.28. The van der Waals surface area contributed by atoms with E-state index in [1.165, 1.54) is 12.7 Å². The van der Waals surface area contributed by atoms with Crippen molar-refractivity contribution in [1.82, 2.24) is 14.5 Å². The normalized spacial score (nSPS) is 11.0. The number of carbonyl (C=O) groups is 1. The van der Waals surface area contributed by atoms with Crippen molar-refractivity contribution in [1.29, 1.82) is 0 Å². The minimum absolute atomic E-state index is 0.330. The highest BCUT2D eigenvalue weighted by molar-refractivity contribution is 5.89. The molecule has 0 unspecified atom stereocenters. The lowest BCUT2D eigenvalue weighted by atomic mass is 10.0.